The van der Waals surface area contributed by atoms with Gasteiger partial charge in [-0.05, 0) is 44.4 Å². The van der Waals surface area contributed by atoms with Crippen LogP contribution in [-0.2, 0) is 9.53 Å². The van der Waals surface area contributed by atoms with E-state index in [1.807, 2.05) is 11.9 Å². The van der Waals surface area contributed by atoms with Crippen LogP contribution in [0.5, 0.6) is 0 Å². The van der Waals surface area contributed by atoms with Crippen molar-refractivity contribution in [3.63, 3.8) is 0 Å². The summed E-state index contributed by atoms with van der Waals surface area (Å²) in [7, 11) is 3.74. The molecule has 0 bridgehead atoms. The molecule has 2 fully saturated rings. The van der Waals surface area contributed by atoms with E-state index >= 15 is 0 Å². The van der Waals surface area contributed by atoms with Crippen molar-refractivity contribution in [3.8, 4) is 0 Å². The number of nitrogens with zero attached hydrogens (tertiary/aromatic N) is 2. The summed E-state index contributed by atoms with van der Waals surface area (Å²) in [6.07, 6.45) is 7.00. The van der Waals surface area contributed by atoms with Crippen LogP contribution in [0.15, 0.2) is 0 Å². The zero-order valence-electron chi connectivity index (χ0n) is 14.5. The highest BCUT2D eigenvalue weighted by Crippen LogP contribution is 2.27. The lowest BCUT2D eigenvalue weighted by molar-refractivity contribution is -0.135. The normalized spacial score (nSPS) is 33.6. The highest BCUT2D eigenvalue weighted by molar-refractivity contribution is 5.78. The Hall–Kier alpha value is -0.650. The van der Waals surface area contributed by atoms with E-state index in [1.165, 1.54) is 12.8 Å². The summed E-state index contributed by atoms with van der Waals surface area (Å²) in [6, 6.07) is 0.693. The summed E-state index contributed by atoms with van der Waals surface area (Å²) in [5.41, 5.74) is 5.90. The van der Waals surface area contributed by atoms with E-state index in [2.05, 4.69) is 11.8 Å². The van der Waals surface area contributed by atoms with Crippen LogP contribution >= 0.6 is 0 Å². The number of carbonyl (C=O) groups excluding carboxylic acids is 1. The van der Waals surface area contributed by atoms with Crippen molar-refractivity contribution < 1.29 is 9.53 Å². The zero-order chi connectivity index (χ0) is 16.1. The number of rotatable bonds is 5. The highest BCUT2D eigenvalue weighted by atomic mass is 16.5. The van der Waals surface area contributed by atoms with Gasteiger partial charge < -0.3 is 15.4 Å². The smallest absolute Gasteiger partial charge is 0.236 e. The number of amides is 1. The maximum absolute atomic E-state index is 12.6. The molecule has 0 spiro atoms. The second-order valence-electron chi connectivity index (χ2n) is 7.16. The van der Waals surface area contributed by atoms with Gasteiger partial charge >= 0.3 is 0 Å². The monoisotopic (exact) mass is 311 g/mol. The van der Waals surface area contributed by atoms with Gasteiger partial charge in [0, 0.05) is 39.3 Å². The summed E-state index contributed by atoms with van der Waals surface area (Å²) >= 11 is 0. The fraction of sp³-hybridized carbons (Fsp3) is 0.941. The molecule has 1 saturated carbocycles. The fourth-order valence-corrected chi connectivity index (χ4v) is 3.85. The Labute approximate surface area is 135 Å². The van der Waals surface area contributed by atoms with E-state index in [0.717, 1.165) is 38.1 Å². The second kappa shape index (κ2) is 8.27. The van der Waals surface area contributed by atoms with Gasteiger partial charge in [0.15, 0.2) is 0 Å². The molecule has 22 heavy (non-hydrogen) atoms. The molecule has 0 aromatic rings. The van der Waals surface area contributed by atoms with Crippen molar-refractivity contribution in [2.75, 3.05) is 33.8 Å². The van der Waals surface area contributed by atoms with Crippen LogP contribution in [0.2, 0.25) is 0 Å². The quantitative estimate of drug-likeness (QED) is 0.835. The van der Waals surface area contributed by atoms with Gasteiger partial charge in [-0.25, -0.2) is 0 Å². The summed E-state index contributed by atoms with van der Waals surface area (Å²) < 4.78 is 5.45. The van der Waals surface area contributed by atoms with Gasteiger partial charge in [-0.15, -0.1) is 0 Å². The van der Waals surface area contributed by atoms with Crippen LogP contribution < -0.4 is 5.73 Å². The second-order valence-corrected chi connectivity index (χ2v) is 7.16. The Balaban J connectivity index is 1.85. The number of piperidine rings is 1. The maximum Gasteiger partial charge on any atom is 0.236 e. The minimum Gasteiger partial charge on any atom is -0.381 e. The van der Waals surface area contributed by atoms with Crippen LogP contribution in [-0.4, -0.2) is 67.7 Å². The minimum absolute atomic E-state index is 0.244. The average molecular weight is 311 g/mol. The average Bonchev–Trinajstić information content (AvgIpc) is 2.55. The van der Waals surface area contributed by atoms with E-state index in [0.29, 0.717) is 19.1 Å². The molecule has 0 aromatic carbocycles. The fourth-order valence-electron chi connectivity index (χ4n) is 3.85. The highest BCUT2D eigenvalue weighted by Gasteiger charge is 2.31. The summed E-state index contributed by atoms with van der Waals surface area (Å²) in [5, 5.41) is 0. The first-order valence-electron chi connectivity index (χ1n) is 8.77. The lowest BCUT2D eigenvalue weighted by atomic mass is 9.87. The molecule has 1 saturated heterocycles. The van der Waals surface area contributed by atoms with E-state index in [1.54, 1.807) is 7.11 Å². The first-order chi connectivity index (χ1) is 10.5. The molecule has 128 valence electrons. The van der Waals surface area contributed by atoms with Crippen molar-refractivity contribution in [1.29, 1.82) is 0 Å². The summed E-state index contributed by atoms with van der Waals surface area (Å²) in [6.45, 7) is 4.31. The van der Waals surface area contributed by atoms with Gasteiger partial charge in [0.05, 0.1) is 12.6 Å². The lowest BCUT2D eigenvalue weighted by Gasteiger charge is -2.40. The standard InChI is InChI=1S/C17H33N3O2/c1-13-4-6-14(7-5-13)19(2)17(21)12-20-9-8-16(22-3)10-15(20)11-18/h13-16H,4-12,18H2,1-3H3. The Morgan fingerprint density at radius 3 is 2.55 bits per heavy atom. The van der Waals surface area contributed by atoms with Gasteiger partial charge in [-0.3, -0.25) is 9.69 Å². The van der Waals surface area contributed by atoms with Crippen LogP contribution in [0.4, 0.5) is 0 Å². The van der Waals surface area contributed by atoms with Crippen molar-refractivity contribution in [2.45, 2.75) is 63.6 Å². The Morgan fingerprint density at radius 1 is 1.27 bits per heavy atom. The molecule has 5 nitrogen and oxygen atoms in total. The summed E-state index contributed by atoms with van der Waals surface area (Å²) in [5.74, 6) is 1.06. The molecule has 1 amide bonds. The van der Waals surface area contributed by atoms with Crippen LogP contribution in [0.3, 0.4) is 0 Å². The van der Waals surface area contributed by atoms with Gasteiger partial charge in [-0.2, -0.15) is 0 Å². The number of hydrogen-bond acceptors (Lipinski definition) is 4. The summed E-state index contributed by atoms with van der Waals surface area (Å²) in [4.78, 5) is 16.9. The largest absolute Gasteiger partial charge is 0.381 e. The molecule has 1 aliphatic carbocycles. The van der Waals surface area contributed by atoms with E-state index < -0.39 is 0 Å². The number of likely N-dealkylation sites (N-methyl/N-ethyl adjacent to an activating group) is 1. The maximum atomic E-state index is 12.6. The number of methoxy groups -OCH3 is 1. The molecular weight excluding hydrogens is 278 g/mol. The molecule has 2 aliphatic rings. The van der Waals surface area contributed by atoms with Crippen molar-refractivity contribution >= 4 is 5.91 Å². The molecule has 2 atom stereocenters. The first-order valence-corrected chi connectivity index (χ1v) is 8.77. The van der Waals surface area contributed by atoms with E-state index in [9.17, 15) is 4.79 Å². The Morgan fingerprint density at radius 2 is 1.95 bits per heavy atom. The SMILES string of the molecule is COC1CCN(CC(=O)N(C)C2CCC(C)CC2)C(CN)C1. The number of carbonyl (C=O) groups is 1. The molecule has 1 heterocycles. The Kier molecular flexibility index (Phi) is 6.66. The van der Waals surface area contributed by atoms with E-state index in [-0.39, 0.29) is 18.1 Å². The molecule has 5 heteroatoms. The number of likely N-dealkylation sites (tertiary alicyclic amines) is 1. The van der Waals surface area contributed by atoms with Crippen molar-refractivity contribution in [1.82, 2.24) is 9.80 Å². The van der Waals surface area contributed by atoms with Gasteiger partial charge in [0.25, 0.3) is 0 Å². The van der Waals surface area contributed by atoms with E-state index in [4.69, 9.17) is 10.5 Å². The predicted molar refractivity (Wildman–Crippen MR) is 88.6 cm³/mol. The van der Waals surface area contributed by atoms with Crippen molar-refractivity contribution in [2.24, 2.45) is 11.7 Å². The van der Waals surface area contributed by atoms with Crippen LogP contribution in [0.25, 0.3) is 0 Å². The zero-order valence-corrected chi connectivity index (χ0v) is 14.5. The first kappa shape index (κ1) is 17.7. The topological polar surface area (TPSA) is 58.8 Å². The Bertz CT molecular complexity index is 356. The van der Waals surface area contributed by atoms with Crippen LogP contribution in [0, 0.1) is 5.92 Å². The molecule has 0 aromatic heterocycles. The molecule has 2 N–H and O–H groups in total. The number of ether oxygens (including phenoxy) is 1. The molecule has 2 unspecified atom stereocenters. The lowest BCUT2D eigenvalue weighted by Crippen LogP contribution is -2.53. The predicted octanol–water partition coefficient (Wildman–Crippen LogP) is 1.46. The third-order valence-corrected chi connectivity index (χ3v) is 5.66. The van der Waals surface area contributed by atoms with Gasteiger partial charge in [0.2, 0.25) is 5.91 Å². The third-order valence-electron chi connectivity index (χ3n) is 5.66. The molecule has 1 aliphatic heterocycles. The number of nitrogens with two attached hydrogens (primary N) is 1. The van der Waals surface area contributed by atoms with Crippen LogP contribution in [0.1, 0.15) is 45.4 Å². The molecular formula is C17H33N3O2. The van der Waals surface area contributed by atoms with Crippen molar-refractivity contribution in [3.05, 3.63) is 0 Å². The molecule has 0 radical (unpaired) electrons. The minimum atomic E-state index is 0.244. The van der Waals surface area contributed by atoms with Gasteiger partial charge in [0.1, 0.15) is 0 Å². The van der Waals surface area contributed by atoms with Gasteiger partial charge in [-0.1, -0.05) is 6.92 Å². The number of hydrogen-bond donors (Lipinski definition) is 1. The third kappa shape index (κ3) is 4.43. The molecule has 2 rings (SSSR count).